The van der Waals surface area contributed by atoms with Crippen LogP contribution >= 0.6 is 0 Å². The van der Waals surface area contributed by atoms with Gasteiger partial charge in [-0.2, -0.15) is 0 Å². The second kappa shape index (κ2) is 5.77. The van der Waals surface area contributed by atoms with Gasteiger partial charge >= 0.3 is 5.97 Å². The number of hydrogen-bond acceptors (Lipinski definition) is 4. The molecule has 0 spiro atoms. The Balaban J connectivity index is 1.86. The van der Waals surface area contributed by atoms with Crippen LogP contribution in [0.5, 0.6) is 0 Å². The van der Waals surface area contributed by atoms with Crippen molar-refractivity contribution in [3.05, 3.63) is 0 Å². The van der Waals surface area contributed by atoms with Crippen molar-refractivity contribution in [2.24, 2.45) is 11.7 Å². The molecule has 2 unspecified atom stereocenters. The number of piperazine rings is 1. The van der Waals surface area contributed by atoms with Gasteiger partial charge in [0.2, 0.25) is 0 Å². The number of rotatable bonds is 6. The van der Waals surface area contributed by atoms with E-state index >= 15 is 0 Å². The van der Waals surface area contributed by atoms with E-state index in [1.165, 1.54) is 0 Å². The molecule has 2 fully saturated rings. The first-order valence-electron chi connectivity index (χ1n) is 7.46. The minimum absolute atomic E-state index is 0.178. The summed E-state index contributed by atoms with van der Waals surface area (Å²) in [5.41, 5.74) is 5.11. The average molecular weight is 269 g/mol. The summed E-state index contributed by atoms with van der Waals surface area (Å²) >= 11 is 0. The summed E-state index contributed by atoms with van der Waals surface area (Å²) in [5.74, 6) is -0.656. The van der Waals surface area contributed by atoms with E-state index in [9.17, 15) is 9.90 Å². The minimum atomic E-state index is -1.03. The fraction of sp³-hybridized carbons (Fsp3) is 0.929. The fourth-order valence-corrected chi connectivity index (χ4v) is 2.96. The Morgan fingerprint density at radius 1 is 1.37 bits per heavy atom. The highest BCUT2D eigenvalue weighted by Crippen LogP contribution is 2.39. The van der Waals surface area contributed by atoms with Crippen molar-refractivity contribution >= 4 is 5.97 Å². The van der Waals surface area contributed by atoms with Gasteiger partial charge in [0.1, 0.15) is 5.54 Å². The van der Waals surface area contributed by atoms with Gasteiger partial charge < -0.3 is 10.8 Å². The summed E-state index contributed by atoms with van der Waals surface area (Å²) in [7, 11) is 0. The summed E-state index contributed by atoms with van der Waals surface area (Å²) in [5, 5.41) is 9.39. The van der Waals surface area contributed by atoms with Crippen LogP contribution in [0.15, 0.2) is 0 Å². The Hall–Kier alpha value is -0.650. The highest BCUT2D eigenvalue weighted by atomic mass is 16.4. The second-order valence-corrected chi connectivity index (χ2v) is 6.19. The van der Waals surface area contributed by atoms with Crippen molar-refractivity contribution in [2.45, 2.75) is 44.7 Å². The van der Waals surface area contributed by atoms with Crippen LogP contribution in [0.3, 0.4) is 0 Å². The molecular formula is C14H27N3O2. The van der Waals surface area contributed by atoms with E-state index < -0.39 is 11.5 Å². The molecule has 5 heteroatoms. The van der Waals surface area contributed by atoms with E-state index in [4.69, 9.17) is 5.73 Å². The van der Waals surface area contributed by atoms with Gasteiger partial charge in [0.25, 0.3) is 0 Å². The van der Waals surface area contributed by atoms with Gasteiger partial charge in [-0.1, -0.05) is 6.92 Å². The first-order valence-corrected chi connectivity index (χ1v) is 7.46. The lowest BCUT2D eigenvalue weighted by Gasteiger charge is -2.40. The van der Waals surface area contributed by atoms with Crippen molar-refractivity contribution in [2.75, 3.05) is 32.7 Å². The van der Waals surface area contributed by atoms with Crippen molar-refractivity contribution in [1.82, 2.24) is 9.80 Å². The minimum Gasteiger partial charge on any atom is -0.480 e. The molecule has 1 aliphatic carbocycles. The Morgan fingerprint density at radius 3 is 2.37 bits per heavy atom. The van der Waals surface area contributed by atoms with Crippen molar-refractivity contribution in [3.63, 3.8) is 0 Å². The SMILES string of the molecule is CCC(C)N1CCN(CC(N)(C(=O)O)C2CC2)CC1. The number of carboxylic acid groups (broad SMARTS) is 1. The van der Waals surface area contributed by atoms with Gasteiger partial charge in [0.05, 0.1) is 0 Å². The number of hydrogen-bond donors (Lipinski definition) is 2. The Labute approximate surface area is 115 Å². The quantitative estimate of drug-likeness (QED) is 0.739. The molecule has 2 rings (SSSR count). The molecule has 5 nitrogen and oxygen atoms in total. The third kappa shape index (κ3) is 3.27. The van der Waals surface area contributed by atoms with Crippen molar-refractivity contribution in [1.29, 1.82) is 0 Å². The van der Waals surface area contributed by atoms with Gasteiger partial charge in [-0.15, -0.1) is 0 Å². The number of carboxylic acids is 1. The molecule has 0 aromatic rings. The smallest absolute Gasteiger partial charge is 0.325 e. The topological polar surface area (TPSA) is 69.8 Å². The van der Waals surface area contributed by atoms with Gasteiger partial charge in [0, 0.05) is 38.8 Å². The van der Waals surface area contributed by atoms with Crippen LogP contribution in [0.25, 0.3) is 0 Å². The molecule has 19 heavy (non-hydrogen) atoms. The van der Waals surface area contributed by atoms with Crippen LogP contribution in [0, 0.1) is 5.92 Å². The Kier molecular flexibility index (Phi) is 4.48. The number of nitrogens with two attached hydrogens (primary N) is 1. The third-order valence-corrected chi connectivity index (χ3v) is 4.81. The molecule has 110 valence electrons. The van der Waals surface area contributed by atoms with Crippen LogP contribution in [-0.2, 0) is 4.79 Å². The largest absolute Gasteiger partial charge is 0.480 e. The van der Waals surface area contributed by atoms with Gasteiger partial charge in [-0.05, 0) is 32.1 Å². The summed E-state index contributed by atoms with van der Waals surface area (Å²) < 4.78 is 0. The lowest BCUT2D eigenvalue weighted by molar-refractivity contribution is -0.145. The van der Waals surface area contributed by atoms with E-state index in [1.807, 2.05) is 0 Å². The third-order valence-electron chi connectivity index (χ3n) is 4.81. The lowest BCUT2D eigenvalue weighted by Crippen LogP contribution is -2.61. The van der Waals surface area contributed by atoms with Crippen molar-refractivity contribution < 1.29 is 9.90 Å². The average Bonchev–Trinajstić information content (AvgIpc) is 3.23. The van der Waals surface area contributed by atoms with E-state index in [2.05, 4.69) is 23.6 Å². The summed E-state index contributed by atoms with van der Waals surface area (Å²) in [6.45, 7) is 8.88. The number of aliphatic carboxylic acids is 1. The van der Waals surface area contributed by atoms with E-state index in [-0.39, 0.29) is 5.92 Å². The summed E-state index contributed by atoms with van der Waals surface area (Å²) in [6.07, 6.45) is 3.10. The Bertz CT molecular complexity index is 325. The molecule has 0 radical (unpaired) electrons. The molecule has 1 heterocycles. The van der Waals surface area contributed by atoms with Crippen LogP contribution in [0.2, 0.25) is 0 Å². The van der Waals surface area contributed by atoms with Gasteiger partial charge in [-0.3, -0.25) is 14.6 Å². The Morgan fingerprint density at radius 2 is 1.95 bits per heavy atom. The zero-order valence-electron chi connectivity index (χ0n) is 12.1. The van der Waals surface area contributed by atoms with Gasteiger partial charge in [0.15, 0.2) is 0 Å². The standard InChI is InChI=1S/C14H27N3O2/c1-3-11(2)17-8-6-16(7-9-17)10-14(15,13(18)19)12-4-5-12/h11-12H,3-10,15H2,1-2H3,(H,18,19). The van der Waals surface area contributed by atoms with Crippen LogP contribution in [0.1, 0.15) is 33.1 Å². The zero-order valence-corrected chi connectivity index (χ0v) is 12.1. The molecule has 1 saturated heterocycles. The molecule has 1 aliphatic heterocycles. The maximum atomic E-state index is 11.4. The van der Waals surface area contributed by atoms with E-state index in [0.717, 1.165) is 45.4 Å². The summed E-state index contributed by atoms with van der Waals surface area (Å²) in [4.78, 5) is 16.1. The molecular weight excluding hydrogens is 242 g/mol. The van der Waals surface area contributed by atoms with Crippen molar-refractivity contribution in [3.8, 4) is 0 Å². The highest BCUT2D eigenvalue weighted by molar-refractivity contribution is 5.79. The predicted molar refractivity (Wildman–Crippen MR) is 75.0 cm³/mol. The maximum absolute atomic E-state index is 11.4. The van der Waals surface area contributed by atoms with E-state index in [1.54, 1.807) is 0 Å². The van der Waals surface area contributed by atoms with Crippen LogP contribution in [-0.4, -0.2) is 65.2 Å². The zero-order chi connectivity index (χ0) is 14.0. The monoisotopic (exact) mass is 269 g/mol. The number of carbonyl (C=O) groups is 1. The molecule has 0 aromatic carbocycles. The second-order valence-electron chi connectivity index (χ2n) is 6.19. The molecule has 0 aromatic heterocycles. The predicted octanol–water partition coefficient (Wildman–Crippen LogP) is 0.595. The number of nitrogens with zero attached hydrogens (tertiary/aromatic N) is 2. The van der Waals surface area contributed by atoms with Crippen LogP contribution in [0.4, 0.5) is 0 Å². The molecule has 0 bridgehead atoms. The molecule has 2 atom stereocenters. The molecule has 2 aliphatic rings. The highest BCUT2D eigenvalue weighted by Gasteiger charge is 2.49. The molecule has 3 N–H and O–H groups in total. The first-order chi connectivity index (χ1) is 8.97. The normalized spacial score (nSPS) is 26.9. The lowest BCUT2D eigenvalue weighted by atomic mass is 9.93. The molecule has 1 saturated carbocycles. The molecule has 0 amide bonds. The maximum Gasteiger partial charge on any atom is 0.325 e. The fourth-order valence-electron chi connectivity index (χ4n) is 2.96. The van der Waals surface area contributed by atoms with E-state index in [0.29, 0.717) is 12.6 Å². The van der Waals surface area contributed by atoms with Gasteiger partial charge in [-0.25, -0.2) is 0 Å². The summed E-state index contributed by atoms with van der Waals surface area (Å²) in [6, 6.07) is 0.618. The first kappa shape index (κ1) is 14.8. The van der Waals surface area contributed by atoms with Crippen LogP contribution < -0.4 is 5.73 Å².